The molecule has 14 heteroatoms. The number of carboxylic acid groups (broad SMARTS) is 1. The highest BCUT2D eigenvalue weighted by atomic mass is 32.2. The molecular formula is C15H27N5O6S3. The van der Waals surface area contributed by atoms with Gasteiger partial charge in [-0.05, 0) is 18.4 Å². The minimum absolute atomic E-state index is 0.110. The van der Waals surface area contributed by atoms with Crippen LogP contribution in [-0.4, -0.2) is 82.4 Å². The minimum atomic E-state index is -1.24. The van der Waals surface area contributed by atoms with Crippen LogP contribution in [0.25, 0.3) is 0 Å². The highest BCUT2D eigenvalue weighted by Crippen LogP contribution is 2.03. The molecule has 0 aromatic carbocycles. The maximum atomic E-state index is 12.4. The van der Waals surface area contributed by atoms with Crippen LogP contribution in [0.15, 0.2) is 0 Å². The maximum absolute atomic E-state index is 12.4. The van der Waals surface area contributed by atoms with E-state index in [9.17, 15) is 29.1 Å². The lowest BCUT2D eigenvalue weighted by atomic mass is 10.1. The van der Waals surface area contributed by atoms with Crippen LogP contribution in [0.1, 0.15) is 12.8 Å². The molecule has 0 aromatic rings. The van der Waals surface area contributed by atoms with Crippen molar-refractivity contribution >= 4 is 66.6 Å². The van der Waals surface area contributed by atoms with Gasteiger partial charge in [0.2, 0.25) is 23.6 Å². The summed E-state index contributed by atoms with van der Waals surface area (Å²) in [5, 5.41) is 16.2. The van der Waals surface area contributed by atoms with Gasteiger partial charge in [-0.1, -0.05) is 0 Å². The number of primary amides is 1. The molecule has 0 spiro atoms. The molecule has 0 rings (SSSR count). The van der Waals surface area contributed by atoms with Crippen molar-refractivity contribution in [2.75, 3.05) is 23.5 Å². The molecule has 0 aliphatic rings. The van der Waals surface area contributed by atoms with E-state index in [0.29, 0.717) is 5.75 Å². The van der Waals surface area contributed by atoms with Crippen LogP contribution in [0.5, 0.6) is 0 Å². The summed E-state index contributed by atoms with van der Waals surface area (Å²) in [7, 11) is 0. The lowest BCUT2D eigenvalue weighted by molar-refractivity contribution is -0.142. The molecule has 0 bridgehead atoms. The van der Waals surface area contributed by atoms with Crippen molar-refractivity contribution in [1.82, 2.24) is 16.0 Å². The van der Waals surface area contributed by atoms with Crippen molar-refractivity contribution in [3.05, 3.63) is 0 Å². The molecule has 0 aliphatic carbocycles. The first-order valence-electron chi connectivity index (χ1n) is 8.45. The van der Waals surface area contributed by atoms with Crippen LogP contribution < -0.4 is 27.4 Å². The quantitative estimate of drug-likeness (QED) is 0.126. The summed E-state index contributed by atoms with van der Waals surface area (Å²) in [4.78, 5) is 58.7. The number of rotatable bonds is 14. The van der Waals surface area contributed by atoms with Crippen LogP contribution in [0.3, 0.4) is 0 Å². The van der Waals surface area contributed by atoms with E-state index in [0.717, 1.165) is 0 Å². The van der Waals surface area contributed by atoms with Crippen molar-refractivity contribution in [2.45, 2.75) is 37.0 Å². The molecule has 0 fully saturated rings. The Hall–Kier alpha value is -1.64. The van der Waals surface area contributed by atoms with E-state index >= 15 is 0 Å². The molecule has 0 heterocycles. The summed E-state index contributed by atoms with van der Waals surface area (Å²) in [5.41, 5.74) is 10.5. The number of hydrogen-bond acceptors (Lipinski definition) is 9. The molecule has 166 valence electrons. The number of amides is 4. The summed E-state index contributed by atoms with van der Waals surface area (Å²) in [6.07, 6.45) is 1.61. The second-order valence-electron chi connectivity index (χ2n) is 5.95. The summed E-state index contributed by atoms with van der Waals surface area (Å²) in [6.45, 7) is 0. The fraction of sp³-hybridized carbons (Fsp3) is 0.667. The topological polar surface area (TPSA) is 194 Å². The van der Waals surface area contributed by atoms with Gasteiger partial charge < -0.3 is 32.5 Å². The third-order valence-corrected chi connectivity index (χ3v) is 4.99. The van der Waals surface area contributed by atoms with Crippen molar-refractivity contribution in [1.29, 1.82) is 0 Å². The van der Waals surface area contributed by atoms with Crippen LogP contribution in [0.2, 0.25) is 0 Å². The largest absolute Gasteiger partial charge is 0.480 e. The molecule has 0 saturated heterocycles. The number of nitrogens with one attached hydrogen (secondary N) is 3. The van der Waals surface area contributed by atoms with Gasteiger partial charge in [0.25, 0.3) is 0 Å². The highest BCUT2D eigenvalue weighted by molar-refractivity contribution is 7.98. The van der Waals surface area contributed by atoms with Gasteiger partial charge in [-0.25, -0.2) is 4.79 Å². The van der Waals surface area contributed by atoms with E-state index in [1.807, 2.05) is 0 Å². The molecule has 4 atom stereocenters. The van der Waals surface area contributed by atoms with Crippen molar-refractivity contribution < 1.29 is 29.1 Å². The lowest BCUT2D eigenvalue weighted by Crippen LogP contribution is -2.58. The van der Waals surface area contributed by atoms with Gasteiger partial charge in [0.15, 0.2) is 0 Å². The molecule has 8 N–H and O–H groups in total. The van der Waals surface area contributed by atoms with Crippen molar-refractivity contribution in [3.63, 3.8) is 0 Å². The number of aliphatic carboxylic acids is 1. The summed E-state index contributed by atoms with van der Waals surface area (Å²) < 4.78 is 0. The van der Waals surface area contributed by atoms with E-state index in [2.05, 4.69) is 41.2 Å². The predicted molar refractivity (Wildman–Crippen MR) is 116 cm³/mol. The molecule has 11 nitrogen and oxygen atoms in total. The fourth-order valence-electron chi connectivity index (χ4n) is 2.01. The van der Waals surface area contributed by atoms with Crippen molar-refractivity contribution in [3.8, 4) is 0 Å². The Bertz CT molecular complexity index is 609. The molecule has 4 amide bonds. The zero-order valence-electron chi connectivity index (χ0n) is 15.8. The van der Waals surface area contributed by atoms with Gasteiger partial charge in [0, 0.05) is 11.5 Å². The zero-order chi connectivity index (χ0) is 22.6. The average Bonchev–Trinajstić information content (AvgIpc) is 2.65. The van der Waals surface area contributed by atoms with E-state index in [-0.39, 0.29) is 17.9 Å². The average molecular weight is 470 g/mol. The molecule has 29 heavy (non-hydrogen) atoms. The first-order valence-corrected chi connectivity index (χ1v) is 11.1. The Balaban J connectivity index is 4.95. The SMILES string of the molecule is CSCCC(NC(=O)C(CS)NC(=O)C(CS)NC(=O)C(N)CC(N)=O)C(=O)O. The van der Waals surface area contributed by atoms with Crippen LogP contribution >= 0.6 is 37.0 Å². The Morgan fingerprint density at radius 2 is 1.38 bits per heavy atom. The number of hydrogen-bond donors (Lipinski definition) is 8. The van der Waals surface area contributed by atoms with Crippen LogP contribution in [-0.2, 0) is 24.0 Å². The summed E-state index contributed by atoms with van der Waals surface area (Å²) in [6, 6.07) is -4.63. The Labute approximate surface area is 183 Å². The predicted octanol–water partition coefficient (Wildman–Crippen LogP) is -2.66. The number of nitrogens with two attached hydrogens (primary N) is 2. The standard InChI is InChI=1S/C15H27N5O6S3/c1-29-3-2-8(15(25)26)18-13(23)10(6-28)20-14(24)9(5-27)19-12(22)7(16)4-11(17)21/h7-10,27-28H,2-6,16H2,1H3,(H2,17,21)(H,18,23)(H,19,22)(H,20,24)(H,25,26). The second-order valence-corrected chi connectivity index (χ2v) is 7.66. The normalized spacial score (nSPS) is 14.8. The van der Waals surface area contributed by atoms with E-state index in [1.54, 1.807) is 6.26 Å². The first kappa shape index (κ1) is 27.4. The van der Waals surface area contributed by atoms with Gasteiger partial charge in [-0.2, -0.15) is 37.0 Å². The number of carbonyl (C=O) groups is 5. The minimum Gasteiger partial charge on any atom is -0.480 e. The van der Waals surface area contributed by atoms with Crippen LogP contribution in [0.4, 0.5) is 0 Å². The molecule has 0 saturated carbocycles. The Morgan fingerprint density at radius 1 is 0.931 bits per heavy atom. The van der Waals surface area contributed by atoms with E-state index in [4.69, 9.17) is 11.5 Å². The third-order valence-electron chi connectivity index (χ3n) is 3.61. The number of thiol groups is 2. The third kappa shape index (κ3) is 10.6. The maximum Gasteiger partial charge on any atom is 0.326 e. The fourth-order valence-corrected chi connectivity index (χ4v) is 3.00. The molecular weight excluding hydrogens is 442 g/mol. The smallest absolute Gasteiger partial charge is 0.326 e. The van der Waals surface area contributed by atoms with Gasteiger partial charge in [0.1, 0.15) is 18.1 Å². The molecule has 0 radical (unpaired) electrons. The van der Waals surface area contributed by atoms with E-state index < -0.39 is 60.2 Å². The zero-order valence-corrected chi connectivity index (χ0v) is 18.4. The van der Waals surface area contributed by atoms with E-state index in [1.165, 1.54) is 11.8 Å². The molecule has 0 aliphatic heterocycles. The number of carbonyl (C=O) groups excluding carboxylic acids is 4. The highest BCUT2D eigenvalue weighted by Gasteiger charge is 2.29. The number of carboxylic acids is 1. The lowest BCUT2D eigenvalue weighted by Gasteiger charge is -2.23. The van der Waals surface area contributed by atoms with Crippen molar-refractivity contribution in [2.24, 2.45) is 11.5 Å². The monoisotopic (exact) mass is 469 g/mol. The van der Waals surface area contributed by atoms with Gasteiger partial charge in [-0.3, -0.25) is 19.2 Å². The van der Waals surface area contributed by atoms with Gasteiger partial charge in [0.05, 0.1) is 12.5 Å². The summed E-state index contributed by atoms with van der Waals surface area (Å²) >= 11 is 9.42. The Morgan fingerprint density at radius 3 is 1.76 bits per heavy atom. The second kappa shape index (κ2) is 14.4. The Kier molecular flexibility index (Phi) is 13.5. The molecule has 4 unspecified atom stereocenters. The first-order chi connectivity index (χ1) is 13.6. The number of thioether (sulfide) groups is 1. The summed E-state index contributed by atoms with van der Waals surface area (Å²) in [5.74, 6) is -3.93. The van der Waals surface area contributed by atoms with Crippen LogP contribution in [0, 0.1) is 0 Å². The van der Waals surface area contributed by atoms with Gasteiger partial charge in [-0.15, -0.1) is 0 Å². The van der Waals surface area contributed by atoms with Gasteiger partial charge >= 0.3 is 5.97 Å². The molecule has 0 aromatic heterocycles.